The Kier molecular flexibility index (Phi) is 19.3. The Hall–Kier alpha value is -6.20. The van der Waals surface area contributed by atoms with Crippen LogP contribution in [-0.4, -0.2) is 167 Å². The molecule has 1 aromatic carbocycles. The standard InChI is InChI=1S/C55H79N9O13S/c1-31(59-50(71)39(30-78)60-33(3)65)46(67)58-32(2)47(68)61-37(15-11-12-23-56-49(70)38(27-34-13-9-8-10-14-34)62-51(72)77-53(4,5)6)48(69)57-24-26-63(7)52(73)75-41-19-18-36-28-42-55(74)21-20-40(66)45-54(55,43(36)44(41)76-45)22-25-64(42)29-35-16-17-35/h8-10,13-14,18-19,31-32,35-39,42-43,45,74,78H,11-12,15-17,20-30H2,1-7H3,(H,56,70)(H,57,69)(H,58,67)(H,59,71)(H,60,65)(H,61,68)(H,62,72). The smallest absolute Gasteiger partial charge is 0.415 e. The first-order valence-corrected chi connectivity index (χ1v) is 28.0. The van der Waals surface area contributed by atoms with Crippen molar-refractivity contribution in [1.29, 1.82) is 0 Å². The lowest BCUT2D eigenvalue weighted by Crippen LogP contribution is -2.76. The number of allylic oxidation sites excluding steroid dienone is 3. The SMILES string of the molecule is CC(=O)NC(CS)C(=O)NC(C)C(=O)NC(C)C(=O)NC(CCCCNC(=O)C(Cc1ccccc1)NC(=O)OC(C)(C)C)C(=O)NCCN(C)C(=O)OC1=C2OC3C(=O)CCC4(O)C5CC(C=C1)C2C34CCN5CC1CC1. The normalized spacial score (nSPS) is 25.8. The molecule has 1 spiro atoms. The van der Waals surface area contributed by atoms with Crippen LogP contribution in [0.25, 0.3) is 0 Å². The number of ketones is 1. The highest BCUT2D eigenvalue weighted by atomic mass is 32.1. The van der Waals surface area contributed by atoms with Crippen LogP contribution in [0, 0.1) is 23.2 Å². The van der Waals surface area contributed by atoms with Crippen molar-refractivity contribution < 1.29 is 62.5 Å². The quantitative estimate of drug-likeness (QED) is 0.0528. The molecule has 2 bridgehead atoms. The van der Waals surface area contributed by atoms with E-state index >= 15 is 0 Å². The third-order valence-electron chi connectivity index (χ3n) is 15.8. The van der Waals surface area contributed by atoms with Crippen molar-refractivity contribution >= 4 is 66.0 Å². The molecule has 3 saturated carbocycles. The van der Waals surface area contributed by atoms with Crippen molar-refractivity contribution in [2.45, 2.75) is 159 Å². The van der Waals surface area contributed by atoms with Crippen LogP contribution >= 0.6 is 12.6 Å². The number of alkyl carbamates (subject to hydrolysis) is 1. The summed E-state index contributed by atoms with van der Waals surface area (Å²) in [6, 6.07) is 3.64. The van der Waals surface area contributed by atoms with Crippen LogP contribution in [0.15, 0.2) is 54.0 Å². The molecule has 1 aromatic rings. The number of unbranched alkanes of at least 4 members (excludes halogenated alkanes) is 1. The number of amides is 8. The minimum Gasteiger partial charge on any atom is -0.482 e. The maximum atomic E-state index is 13.9. The number of likely N-dealkylation sites (N-methyl/N-ethyl adjacent to an activating group) is 1. The highest BCUT2D eigenvalue weighted by Crippen LogP contribution is 2.69. The van der Waals surface area contributed by atoms with Gasteiger partial charge in [0, 0.05) is 70.7 Å². The summed E-state index contributed by atoms with van der Waals surface area (Å²) in [4.78, 5) is 122. The Bertz CT molecular complexity index is 2500. The first kappa shape index (κ1) is 59.5. The van der Waals surface area contributed by atoms with E-state index in [0.29, 0.717) is 43.8 Å². The minimum atomic E-state index is -1.18. The summed E-state index contributed by atoms with van der Waals surface area (Å²) in [6.45, 7) is 11.0. The molecule has 8 N–H and O–H groups in total. The number of carbonyl (C=O) groups excluding carboxylic acids is 9. The molecule has 8 amide bonds. The second kappa shape index (κ2) is 25.3. The molecular formula is C55H79N9O13S. The zero-order valence-electron chi connectivity index (χ0n) is 45.8. The van der Waals surface area contributed by atoms with E-state index in [1.165, 1.54) is 45.6 Å². The lowest BCUT2D eigenvalue weighted by molar-refractivity contribution is -0.244. The molecule has 2 aliphatic heterocycles. The van der Waals surface area contributed by atoms with Gasteiger partial charge < -0.3 is 61.4 Å². The Morgan fingerprint density at radius 3 is 2.19 bits per heavy atom. The Morgan fingerprint density at radius 1 is 0.859 bits per heavy atom. The third-order valence-corrected chi connectivity index (χ3v) is 16.2. The molecule has 4 aliphatic carbocycles. The number of nitrogens with one attached hydrogen (secondary N) is 7. The summed E-state index contributed by atoms with van der Waals surface area (Å²) in [5.41, 5.74) is -1.95. The minimum absolute atomic E-state index is 0.0139. The summed E-state index contributed by atoms with van der Waals surface area (Å²) in [7, 11) is 1.50. The van der Waals surface area contributed by atoms with Gasteiger partial charge in [-0.2, -0.15) is 12.6 Å². The number of benzene rings is 1. The number of aliphatic hydroxyl groups is 1. The summed E-state index contributed by atoms with van der Waals surface area (Å²) in [5.74, 6) is -2.78. The zero-order valence-corrected chi connectivity index (χ0v) is 46.7. The molecule has 6 aliphatic rings. The predicted molar refractivity (Wildman–Crippen MR) is 288 cm³/mol. The van der Waals surface area contributed by atoms with Gasteiger partial charge in [-0.3, -0.25) is 38.5 Å². The van der Waals surface area contributed by atoms with Gasteiger partial charge in [-0.05, 0) is 116 Å². The molecule has 2 heterocycles. The molecule has 11 unspecified atom stereocenters. The van der Waals surface area contributed by atoms with Crippen LogP contribution < -0.4 is 37.2 Å². The van der Waals surface area contributed by atoms with Gasteiger partial charge in [0.25, 0.3) is 0 Å². The van der Waals surface area contributed by atoms with E-state index in [-0.39, 0.29) is 74.1 Å². The van der Waals surface area contributed by atoms with E-state index in [0.717, 1.165) is 18.7 Å². The second-order valence-corrected chi connectivity index (χ2v) is 23.2. The van der Waals surface area contributed by atoms with Gasteiger partial charge in [0.1, 0.15) is 41.6 Å². The largest absolute Gasteiger partial charge is 0.482 e. The van der Waals surface area contributed by atoms with E-state index in [1.54, 1.807) is 26.8 Å². The molecule has 0 aromatic heterocycles. The molecular weight excluding hydrogens is 1030 g/mol. The molecule has 22 nitrogen and oxygen atoms in total. The number of nitrogens with zero attached hydrogens (tertiary/aromatic N) is 2. The number of rotatable bonds is 24. The number of thiol groups is 1. The van der Waals surface area contributed by atoms with Crippen LogP contribution in [-0.2, 0) is 54.2 Å². The molecule has 7 rings (SSSR count). The average Bonchev–Trinajstić information content (AvgIpc) is 3.90. The fourth-order valence-electron chi connectivity index (χ4n) is 11.8. The lowest BCUT2D eigenvalue weighted by atomic mass is 9.44. The lowest BCUT2D eigenvalue weighted by Gasteiger charge is -2.65. The van der Waals surface area contributed by atoms with E-state index in [4.69, 9.17) is 14.2 Å². The highest BCUT2D eigenvalue weighted by Gasteiger charge is 2.77. The first-order chi connectivity index (χ1) is 36.9. The highest BCUT2D eigenvalue weighted by molar-refractivity contribution is 7.80. The molecule has 78 heavy (non-hydrogen) atoms. The summed E-state index contributed by atoms with van der Waals surface area (Å²) < 4.78 is 17.9. The number of ether oxygens (including phenoxy) is 3. The molecule has 2 saturated heterocycles. The van der Waals surface area contributed by atoms with Gasteiger partial charge in [-0.1, -0.05) is 36.4 Å². The molecule has 0 radical (unpaired) electrons. The second-order valence-electron chi connectivity index (χ2n) is 22.8. The van der Waals surface area contributed by atoms with E-state index in [9.17, 15) is 48.3 Å². The maximum Gasteiger partial charge on any atom is 0.415 e. The third kappa shape index (κ3) is 14.0. The number of hydrogen-bond donors (Lipinski definition) is 9. The maximum absolute atomic E-state index is 13.9. The first-order valence-electron chi connectivity index (χ1n) is 27.3. The summed E-state index contributed by atoms with van der Waals surface area (Å²) in [6.07, 6.45) is 6.63. The van der Waals surface area contributed by atoms with Crippen LogP contribution in [0.3, 0.4) is 0 Å². The van der Waals surface area contributed by atoms with Crippen molar-refractivity contribution in [2.24, 2.45) is 23.2 Å². The fourth-order valence-corrected chi connectivity index (χ4v) is 12.0. The van der Waals surface area contributed by atoms with Gasteiger partial charge in [-0.15, -0.1) is 0 Å². The van der Waals surface area contributed by atoms with Crippen LogP contribution in [0.2, 0.25) is 0 Å². The summed E-state index contributed by atoms with van der Waals surface area (Å²) in [5, 5.41) is 31.2. The van der Waals surface area contributed by atoms with Crippen molar-refractivity contribution in [3.63, 3.8) is 0 Å². The molecule has 23 heteroatoms. The average molecular weight is 1110 g/mol. The van der Waals surface area contributed by atoms with E-state index in [2.05, 4.69) is 54.7 Å². The van der Waals surface area contributed by atoms with Gasteiger partial charge in [0.2, 0.25) is 35.4 Å². The van der Waals surface area contributed by atoms with Crippen molar-refractivity contribution in [3.05, 3.63) is 59.6 Å². The number of likely N-dealkylation sites (tertiary alicyclic amines) is 1. The number of Topliss-reactive ketones (excluding diaryl/α,β-unsaturated/α-hetero) is 1. The molecule has 5 fully saturated rings. The van der Waals surface area contributed by atoms with Crippen molar-refractivity contribution in [3.8, 4) is 0 Å². The van der Waals surface area contributed by atoms with Gasteiger partial charge >= 0.3 is 12.2 Å². The zero-order chi connectivity index (χ0) is 56.7. The topological polar surface area (TPSA) is 292 Å². The Balaban J connectivity index is 0.958. The molecule has 428 valence electrons. The van der Waals surface area contributed by atoms with Crippen LogP contribution in [0.1, 0.15) is 105 Å². The Labute approximate surface area is 461 Å². The van der Waals surface area contributed by atoms with Crippen molar-refractivity contribution in [1.82, 2.24) is 47.0 Å². The van der Waals surface area contributed by atoms with Gasteiger partial charge in [-0.25, -0.2) is 9.59 Å². The molecule has 11 atom stereocenters. The van der Waals surface area contributed by atoms with Gasteiger partial charge in [0.15, 0.2) is 17.6 Å². The fraction of sp³-hybridized carbons (Fsp3) is 0.655. The van der Waals surface area contributed by atoms with E-state index < -0.39 is 101 Å². The monoisotopic (exact) mass is 1110 g/mol. The van der Waals surface area contributed by atoms with Crippen LogP contribution in [0.5, 0.6) is 0 Å². The number of piperidine rings is 1. The number of carbonyl (C=O) groups is 9. The number of hydrogen-bond acceptors (Lipinski definition) is 15. The predicted octanol–water partition coefficient (Wildman–Crippen LogP) is 1.90. The van der Waals surface area contributed by atoms with Crippen LogP contribution in [0.4, 0.5) is 9.59 Å². The Morgan fingerprint density at radius 2 is 1.53 bits per heavy atom. The summed E-state index contributed by atoms with van der Waals surface area (Å²) >= 11 is 4.10. The van der Waals surface area contributed by atoms with E-state index in [1.807, 2.05) is 36.4 Å². The van der Waals surface area contributed by atoms with Gasteiger partial charge in [0.05, 0.1) is 11.0 Å². The van der Waals surface area contributed by atoms with Crippen molar-refractivity contribution in [2.75, 3.05) is 45.5 Å².